The monoisotopic (exact) mass is 262 g/mol. The molecule has 1 saturated heterocycles. The normalized spacial score (nSPS) is 16.5. The molecule has 5 heteroatoms. The van der Waals surface area contributed by atoms with Gasteiger partial charge in [-0.3, -0.25) is 10.4 Å². The van der Waals surface area contributed by atoms with E-state index in [1.54, 1.807) is 6.20 Å². The van der Waals surface area contributed by atoms with E-state index in [4.69, 9.17) is 12.2 Å². The van der Waals surface area contributed by atoms with E-state index in [-0.39, 0.29) is 0 Å². The van der Waals surface area contributed by atoms with Crippen LogP contribution in [0.1, 0.15) is 31.9 Å². The third-order valence-electron chi connectivity index (χ3n) is 3.00. The first kappa shape index (κ1) is 13.0. The first-order valence-corrected chi connectivity index (χ1v) is 6.69. The minimum atomic E-state index is 0.713. The van der Waals surface area contributed by atoms with E-state index in [2.05, 4.69) is 20.4 Å². The highest BCUT2D eigenvalue weighted by molar-refractivity contribution is 7.80. The highest BCUT2D eigenvalue weighted by atomic mass is 32.1. The number of pyridine rings is 1. The number of nitrogens with zero attached hydrogens (tertiary/aromatic N) is 3. The smallest absolute Gasteiger partial charge is 0.189 e. The Morgan fingerprint density at radius 1 is 1.33 bits per heavy atom. The SMILES string of the molecule is C/C(=N\NC(=S)N1CCCCC1)c1ccccn1. The zero-order chi connectivity index (χ0) is 12.8. The van der Waals surface area contributed by atoms with Gasteiger partial charge < -0.3 is 4.90 Å². The molecule has 1 fully saturated rings. The van der Waals surface area contributed by atoms with E-state index in [9.17, 15) is 0 Å². The van der Waals surface area contributed by atoms with Crippen LogP contribution in [-0.2, 0) is 0 Å². The second-order valence-electron chi connectivity index (χ2n) is 4.38. The standard InChI is InChI=1S/C13H18N4S/c1-11(12-7-3-4-8-14-12)15-16-13(18)17-9-5-2-6-10-17/h3-4,7-8H,2,5-6,9-10H2,1H3,(H,16,18)/b15-11+. The summed E-state index contributed by atoms with van der Waals surface area (Å²) < 4.78 is 0. The number of hydrazone groups is 1. The Hall–Kier alpha value is -1.49. The van der Waals surface area contributed by atoms with Gasteiger partial charge in [0.2, 0.25) is 0 Å². The maximum atomic E-state index is 5.33. The van der Waals surface area contributed by atoms with Crippen molar-refractivity contribution in [1.82, 2.24) is 15.3 Å². The second-order valence-corrected chi connectivity index (χ2v) is 4.76. The summed E-state index contributed by atoms with van der Waals surface area (Å²) in [4.78, 5) is 6.42. The van der Waals surface area contributed by atoms with Gasteiger partial charge in [0.1, 0.15) is 0 Å². The van der Waals surface area contributed by atoms with Gasteiger partial charge in [0.25, 0.3) is 0 Å². The summed E-state index contributed by atoms with van der Waals surface area (Å²) in [5.74, 6) is 0. The van der Waals surface area contributed by atoms with Crippen LogP contribution in [0.3, 0.4) is 0 Å². The van der Waals surface area contributed by atoms with Crippen LogP contribution in [0.5, 0.6) is 0 Å². The Balaban J connectivity index is 1.91. The Morgan fingerprint density at radius 3 is 2.78 bits per heavy atom. The summed E-state index contributed by atoms with van der Waals surface area (Å²) in [7, 11) is 0. The molecule has 1 aliphatic rings. The number of likely N-dealkylation sites (tertiary alicyclic amines) is 1. The average molecular weight is 262 g/mol. The lowest BCUT2D eigenvalue weighted by Crippen LogP contribution is -2.41. The Bertz CT molecular complexity index is 424. The van der Waals surface area contributed by atoms with Crippen molar-refractivity contribution in [2.24, 2.45) is 5.10 Å². The fraction of sp³-hybridized carbons (Fsp3) is 0.462. The van der Waals surface area contributed by atoms with Gasteiger partial charge in [-0.1, -0.05) is 6.07 Å². The largest absolute Gasteiger partial charge is 0.348 e. The summed E-state index contributed by atoms with van der Waals surface area (Å²) in [6.45, 7) is 3.99. The predicted octanol–water partition coefficient (Wildman–Crippen LogP) is 2.17. The molecule has 2 rings (SSSR count). The van der Waals surface area contributed by atoms with Crippen molar-refractivity contribution in [3.63, 3.8) is 0 Å². The van der Waals surface area contributed by atoms with Crippen molar-refractivity contribution in [3.8, 4) is 0 Å². The van der Waals surface area contributed by atoms with Crippen molar-refractivity contribution in [2.45, 2.75) is 26.2 Å². The van der Waals surface area contributed by atoms with Gasteiger partial charge in [-0.15, -0.1) is 0 Å². The molecule has 0 aromatic carbocycles. The Kier molecular flexibility index (Phi) is 4.64. The fourth-order valence-electron chi connectivity index (χ4n) is 1.93. The Morgan fingerprint density at radius 2 is 2.11 bits per heavy atom. The first-order valence-electron chi connectivity index (χ1n) is 6.28. The van der Waals surface area contributed by atoms with E-state index in [1.807, 2.05) is 25.1 Å². The predicted molar refractivity (Wildman–Crippen MR) is 77.6 cm³/mol. The van der Waals surface area contributed by atoms with E-state index in [0.29, 0.717) is 5.11 Å². The van der Waals surface area contributed by atoms with Crippen LogP contribution in [0.25, 0.3) is 0 Å². The quantitative estimate of drug-likeness (QED) is 0.504. The summed E-state index contributed by atoms with van der Waals surface area (Å²) >= 11 is 5.33. The molecule has 0 saturated carbocycles. The van der Waals surface area contributed by atoms with Gasteiger partial charge in [-0.25, -0.2) is 0 Å². The summed E-state index contributed by atoms with van der Waals surface area (Å²) in [6.07, 6.45) is 5.49. The van der Waals surface area contributed by atoms with Gasteiger partial charge in [0.15, 0.2) is 5.11 Å². The average Bonchev–Trinajstić information content (AvgIpc) is 2.46. The van der Waals surface area contributed by atoms with Gasteiger partial charge in [-0.05, 0) is 50.5 Å². The number of nitrogens with one attached hydrogen (secondary N) is 1. The van der Waals surface area contributed by atoms with Crippen LogP contribution < -0.4 is 5.43 Å². The van der Waals surface area contributed by atoms with Crippen LogP contribution in [0, 0.1) is 0 Å². The molecule has 1 aromatic rings. The summed E-state index contributed by atoms with van der Waals surface area (Å²) in [6, 6.07) is 5.78. The van der Waals surface area contributed by atoms with Crippen LogP contribution in [-0.4, -0.2) is 33.8 Å². The molecule has 2 heterocycles. The van der Waals surface area contributed by atoms with Crippen molar-refractivity contribution in [3.05, 3.63) is 30.1 Å². The molecule has 18 heavy (non-hydrogen) atoms. The number of hydrogen-bond acceptors (Lipinski definition) is 3. The number of rotatable bonds is 2. The van der Waals surface area contributed by atoms with Gasteiger partial charge in [-0.2, -0.15) is 5.10 Å². The maximum Gasteiger partial charge on any atom is 0.189 e. The van der Waals surface area contributed by atoms with Crippen molar-refractivity contribution < 1.29 is 0 Å². The first-order chi connectivity index (χ1) is 8.77. The minimum absolute atomic E-state index is 0.713. The summed E-state index contributed by atoms with van der Waals surface area (Å²) in [5, 5.41) is 5.00. The number of thiocarbonyl (C=S) groups is 1. The van der Waals surface area contributed by atoms with Gasteiger partial charge in [0.05, 0.1) is 11.4 Å². The topological polar surface area (TPSA) is 40.5 Å². The van der Waals surface area contributed by atoms with Gasteiger partial charge in [0, 0.05) is 19.3 Å². The second kappa shape index (κ2) is 6.44. The Labute approximate surface area is 113 Å². The van der Waals surface area contributed by atoms with Crippen LogP contribution in [0.4, 0.5) is 0 Å². The van der Waals surface area contributed by atoms with Gasteiger partial charge >= 0.3 is 0 Å². The molecule has 0 aliphatic carbocycles. The molecule has 0 unspecified atom stereocenters. The molecular weight excluding hydrogens is 244 g/mol. The minimum Gasteiger partial charge on any atom is -0.348 e. The van der Waals surface area contributed by atoms with E-state index < -0.39 is 0 Å². The highest BCUT2D eigenvalue weighted by Gasteiger charge is 2.12. The lowest BCUT2D eigenvalue weighted by atomic mass is 10.1. The van der Waals surface area contributed by atoms with Crippen molar-refractivity contribution in [1.29, 1.82) is 0 Å². The van der Waals surface area contributed by atoms with Crippen LogP contribution in [0.2, 0.25) is 0 Å². The zero-order valence-corrected chi connectivity index (χ0v) is 11.4. The highest BCUT2D eigenvalue weighted by Crippen LogP contribution is 2.08. The van der Waals surface area contributed by atoms with E-state index >= 15 is 0 Å². The number of hydrogen-bond donors (Lipinski definition) is 1. The third kappa shape index (κ3) is 3.50. The maximum absolute atomic E-state index is 5.33. The third-order valence-corrected chi connectivity index (χ3v) is 3.35. The van der Waals surface area contributed by atoms with Crippen LogP contribution >= 0.6 is 12.2 Å². The number of aromatic nitrogens is 1. The molecule has 96 valence electrons. The molecule has 1 N–H and O–H groups in total. The number of piperidine rings is 1. The molecule has 1 aromatic heterocycles. The molecule has 0 radical (unpaired) electrons. The molecule has 0 atom stereocenters. The molecule has 0 amide bonds. The fourth-order valence-corrected chi connectivity index (χ4v) is 2.16. The molecule has 0 bridgehead atoms. The van der Waals surface area contributed by atoms with Crippen LogP contribution in [0.15, 0.2) is 29.5 Å². The van der Waals surface area contributed by atoms with E-state index in [1.165, 1.54) is 19.3 Å². The van der Waals surface area contributed by atoms with Crippen molar-refractivity contribution >= 4 is 23.0 Å². The van der Waals surface area contributed by atoms with Crippen molar-refractivity contribution in [2.75, 3.05) is 13.1 Å². The zero-order valence-electron chi connectivity index (χ0n) is 10.6. The molecule has 0 spiro atoms. The molecule has 1 aliphatic heterocycles. The molecular formula is C13H18N4S. The lowest BCUT2D eigenvalue weighted by Gasteiger charge is -2.28. The summed E-state index contributed by atoms with van der Waals surface area (Å²) in [5.41, 5.74) is 4.67. The van der Waals surface area contributed by atoms with E-state index in [0.717, 1.165) is 24.5 Å². The molecule has 4 nitrogen and oxygen atoms in total. The lowest BCUT2D eigenvalue weighted by molar-refractivity contribution is 0.338.